The summed E-state index contributed by atoms with van der Waals surface area (Å²) in [5.74, 6) is -0.721. The van der Waals surface area contributed by atoms with Gasteiger partial charge in [0.15, 0.2) is 11.9 Å². The Morgan fingerprint density at radius 1 is 0.915 bits per heavy atom. The van der Waals surface area contributed by atoms with Gasteiger partial charge in [-0.1, -0.05) is 99.0 Å². The number of hydrogen-bond donors (Lipinski definition) is 2. The molecule has 2 aromatic carbocycles. The second kappa shape index (κ2) is 14.3. The lowest BCUT2D eigenvalue weighted by atomic mass is 9.76. The van der Waals surface area contributed by atoms with E-state index in [0.29, 0.717) is 30.1 Å². The van der Waals surface area contributed by atoms with Crippen molar-refractivity contribution in [1.29, 1.82) is 0 Å². The molecular weight excluding hydrogens is 614 g/mol. The molecule has 260 valence electrons. The maximum atomic E-state index is 13.8. The average molecular weight is 670 g/mol. The van der Waals surface area contributed by atoms with Crippen molar-refractivity contribution in [3.63, 3.8) is 0 Å². The van der Waals surface area contributed by atoms with Crippen molar-refractivity contribution in [3.05, 3.63) is 53.6 Å². The molecule has 3 rings (SSSR count). The quantitative estimate of drug-likeness (QED) is 0.126. The van der Waals surface area contributed by atoms with Crippen LogP contribution in [0, 0.1) is 5.41 Å². The Bertz CT molecular complexity index is 1460. The van der Waals surface area contributed by atoms with Gasteiger partial charge in [0.1, 0.15) is 12.5 Å². The van der Waals surface area contributed by atoms with Crippen LogP contribution in [0.1, 0.15) is 113 Å². The number of nitrogens with zero attached hydrogens (tertiary/aromatic N) is 1. The number of carbonyl (C=O) groups is 3. The highest BCUT2D eigenvalue weighted by molar-refractivity contribution is 6.48. The van der Waals surface area contributed by atoms with Crippen molar-refractivity contribution in [1.82, 2.24) is 4.90 Å². The molecule has 2 atom stereocenters. The summed E-state index contributed by atoms with van der Waals surface area (Å²) in [4.78, 5) is 40.5. The van der Waals surface area contributed by atoms with E-state index >= 15 is 0 Å². The zero-order valence-electron chi connectivity index (χ0n) is 30.5. The Morgan fingerprint density at radius 3 is 2.02 bits per heavy atom. The van der Waals surface area contributed by atoms with Gasteiger partial charge in [-0.15, -0.1) is 0 Å². The molecule has 0 saturated carbocycles. The van der Waals surface area contributed by atoms with Crippen LogP contribution in [0.25, 0.3) is 0 Å². The Morgan fingerprint density at radius 2 is 1.51 bits per heavy atom. The number of ether oxygens (including phenoxy) is 2. The van der Waals surface area contributed by atoms with E-state index in [4.69, 9.17) is 21.1 Å². The molecule has 2 unspecified atom stereocenters. The molecule has 9 heteroatoms. The molecule has 1 heterocycles. The van der Waals surface area contributed by atoms with Crippen LogP contribution in [0.2, 0.25) is 0 Å². The van der Waals surface area contributed by atoms with Crippen LogP contribution in [-0.4, -0.2) is 52.5 Å². The summed E-state index contributed by atoms with van der Waals surface area (Å²) in [5.41, 5.74) is 1.58. The van der Waals surface area contributed by atoms with E-state index < -0.39 is 33.8 Å². The van der Waals surface area contributed by atoms with Crippen LogP contribution in [-0.2, 0) is 30.0 Å². The van der Waals surface area contributed by atoms with Crippen LogP contribution < -0.4 is 15.4 Å². The van der Waals surface area contributed by atoms with Crippen LogP contribution in [0.5, 0.6) is 5.75 Å². The van der Waals surface area contributed by atoms with Gasteiger partial charge >= 0.3 is 0 Å². The normalized spacial score (nSPS) is 17.5. The van der Waals surface area contributed by atoms with Crippen molar-refractivity contribution in [2.45, 2.75) is 130 Å². The number of alkyl halides is 1. The van der Waals surface area contributed by atoms with Crippen molar-refractivity contribution in [2.24, 2.45) is 5.41 Å². The third-order valence-electron chi connectivity index (χ3n) is 9.48. The third kappa shape index (κ3) is 8.76. The monoisotopic (exact) mass is 669 g/mol. The summed E-state index contributed by atoms with van der Waals surface area (Å²) in [6, 6.07) is 13.1. The molecule has 0 radical (unpaired) electrons. The fourth-order valence-electron chi connectivity index (χ4n) is 5.45. The van der Waals surface area contributed by atoms with E-state index in [1.807, 2.05) is 26.8 Å². The second-order valence-corrected chi connectivity index (χ2v) is 16.2. The summed E-state index contributed by atoms with van der Waals surface area (Å²) in [6.07, 6.45) is 1.62. The van der Waals surface area contributed by atoms with E-state index in [0.717, 1.165) is 18.4 Å². The first-order valence-electron chi connectivity index (χ1n) is 16.8. The van der Waals surface area contributed by atoms with Gasteiger partial charge in [-0.25, -0.2) is 4.90 Å². The van der Waals surface area contributed by atoms with E-state index in [2.05, 4.69) is 64.3 Å². The number of nitrogens with one attached hydrogen (secondary N) is 2. The number of hydrogen-bond acceptors (Lipinski definition) is 6. The van der Waals surface area contributed by atoms with Crippen LogP contribution in [0.4, 0.5) is 11.4 Å². The molecule has 2 aromatic rings. The van der Waals surface area contributed by atoms with Crippen molar-refractivity contribution in [2.75, 3.05) is 23.9 Å². The van der Waals surface area contributed by atoms with Crippen LogP contribution in [0.15, 0.2) is 42.5 Å². The first kappa shape index (κ1) is 38.5. The van der Waals surface area contributed by atoms with Gasteiger partial charge < -0.3 is 20.1 Å². The molecule has 2 N–H and O–H groups in total. The summed E-state index contributed by atoms with van der Waals surface area (Å²) >= 11 is 6.97. The average Bonchev–Trinajstić information content (AvgIpc) is 3.38. The van der Waals surface area contributed by atoms with Crippen LogP contribution >= 0.6 is 11.6 Å². The fraction of sp³-hybridized carbons (Fsp3) is 0.605. The summed E-state index contributed by atoms with van der Waals surface area (Å²) in [7, 11) is 0. The second-order valence-electron chi connectivity index (χ2n) is 15.7. The maximum Gasteiger partial charge on any atom is 0.268 e. The van der Waals surface area contributed by atoms with Gasteiger partial charge in [-0.05, 0) is 73.8 Å². The first-order chi connectivity index (χ1) is 21.6. The number of ketones is 1. The van der Waals surface area contributed by atoms with Gasteiger partial charge in [0.25, 0.3) is 11.8 Å². The highest BCUT2D eigenvalue weighted by atomic mass is 35.5. The van der Waals surface area contributed by atoms with Gasteiger partial charge in [0, 0.05) is 28.9 Å². The Labute approximate surface area is 287 Å². The molecule has 0 aromatic heterocycles. The minimum absolute atomic E-state index is 0.0150. The van der Waals surface area contributed by atoms with E-state index in [9.17, 15) is 14.4 Å². The third-order valence-corrected chi connectivity index (χ3v) is 10.1. The van der Waals surface area contributed by atoms with E-state index in [1.54, 1.807) is 49.9 Å². The number of benzene rings is 2. The van der Waals surface area contributed by atoms with Gasteiger partial charge in [0.2, 0.25) is 5.00 Å². The topological polar surface area (TPSA) is 97.0 Å². The largest absolute Gasteiger partial charge is 0.480 e. The van der Waals surface area contributed by atoms with Crippen molar-refractivity contribution >= 4 is 40.6 Å². The Balaban J connectivity index is 1.84. The van der Waals surface area contributed by atoms with Crippen LogP contribution in [0.3, 0.4) is 0 Å². The SMILES string of the molecule is CCC(Oc1ccc(C(C)(C)CC)cc1C(C)(C)CC)C(=O)Nc1cccc(NC(=O)C(Cl)(C(=O)C(C)(C)C)N2COC(C)(C)C2)c1. The smallest absolute Gasteiger partial charge is 0.268 e. The molecule has 8 nitrogen and oxygen atoms in total. The fourth-order valence-corrected chi connectivity index (χ4v) is 5.89. The first-order valence-corrected chi connectivity index (χ1v) is 17.2. The zero-order valence-corrected chi connectivity index (χ0v) is 31.3. The lowest BCUT2D eigenvalue weighted by Crippen LogP contribution is -2.60. The standard InChI is InChI=1S/C38H56ClN3O5/c1-13-29(47-30-20-19-25(35(7,8)14-2)21-28(30)36(9,10)15-3)31(43)40-26-17-16-18-27(22-26)41-33(45)38(39,32(44)34(4,5)6)42-23-37(11,12)46-24-42/h16-22,29H,13-15,23-24H2,1-12H3,(H,40,43)(H,41,45). The lowest BCUT2D eigenvalue weighted by molar-refractivity contribution is -0.142. The van der Waals surface area contributed by atoms with Crippen molar-refractivity contribution < 1.29 is 23.9 Å². The highest BCUT2D eigenvalue weighted by Crippen LogP contribution is 2.40. The predicted octanol–water partition coefficient (Wildman–Crippen LogP) is 8.42. The summed E-state index contributed by atoms with van der Waals surface area (Å²) < 4.78 is 12.2. The molecular formula is C38H56ClN3O5. The number of halogens is 1. The zero-order chi connectivity index (χ0) is 35.6. The Hall–Kier alpha value is -2.94. The molecule has 1 aliphatic rings. The molecule has 47 heavy (non-hydrogen) atoms. The number of anilines is 2. The molecule has 1 saturated heterocycles. The Kier molecular flexibility index (Phi) is 11.7. The summed E-state index contributed by atoms with van der Waals surface area (Å²) in [5, 5.41) is 5.77. The minimum atomic E-state index is -1.99. The molecule has 1 fully saturated rings. The lowest BCUT2D eigenvalue weighted by Gasteiger charge is -2.37. The van der Waals surface area contributed by atoms with E-state index in [1.165, 1.54) is 5.56 Å². The van der Waals surface area contributed by atoms with Crippen molar-refractivity contribution in [3.8, 4) is 5.75 Å². The predicted molar refractivity (Wildman–Crippen MR) is 191 cm³/mol. The number of amides is 2. The van der Waals surface area contributed by atoms with E-state index in [-0.39, 0.29) is 23.5 Å². The van der Waals surface area contributed by atoms with Gasteiger partial charge in [0.05, 0.1) is 5.60 Å². The molecule has 0 aliphatic carbocycles. The minimum Gasteiger partial charge on any atom is -0.480 e. The number of rotatable bonds is 13. The number of Topliss-reactive ketones (excluding diaryl/α,β-unsaturated/α-hetero) is 1. The van der Waals surface area contributed by atoms with Gasteiger partial charge in [-0.2, -0.15) is 0 Å². The molecule has 2 amide bonds. The summed E-state index contributed by atoms with van der Waals surface area (Å²) in [6.45, 7) is 24.4. The molecule has 0 spiro atoms. The highest BCUT2D eigenvalue weighted by Gasteiger charge is 2.56. The number of carbonyl (C=O) groups excluding carboxylic acids is 3. The molecule has 0 bridgehead atoms. The molecule has 1 aliphatic heterocycles. The van der Waals surface area contributed by atoms with Gasteiger partial charge in [-0.3, -0.25) is 14.4 Å². The maximum absolute atomic E-state index is 13.8.